The summed E-state index contributed by atoms with van der Waals surface area (Å²) in [5.74, 6) is 0.878. The minimum absolute atomic E-state index is 0.196. The van der Waals surface area contributed by atoms with Crippen molar-refractivity contribution < 1.29 is 5.11 Å². The molecule has 2 rings (SSSR count). The van der Waals surface area contributed by atoms with E-state index in [-0.39, 0.29) is 11.2 Å². The second-order valence-electron chi connectivity index (χ2n) is 3.31. The number of aromatic nitrogens is 1. The molecule has 0 amide bonds. The first kappa shape index (κ1) is 10.3. The number of thioether (sulfide) groups is 1. The third kappa shape index (κ3) is 2.62. The average molecular weight is 224 g/mol. The number of nitrogens with zero attached hydrogens (tertiary/aromatic N) is 2. The largest absolute Gasteiger partial charge is 0.503 e. The Morgan fingerprint density at radius 1 is 1.60 bits per heavy atom. The second kappa shape index (κ2) is 4.53. The quantitative estimate of drug-likeness (QED) is 0.836. The molecular formula is C10H12N2O2S. The summed E-state index contributed by atoms with van der Waals surface area (Å²) in [4.78, 5) is 15.3. The lowest BCUT2D eigenvalue weighted by Crippen LogP contribution is -2.06. The van der Waals surface area contributed by atoms with E-state index >= 15 is 0 Å². The van der Waals surface area contributed by atoms with Crippen LogP contribution in [-0.4, -0.2) is 27.0 Å². The summed E-state index contributed by atoms with van der Waals surface area (Å²) in [7, 11) is 0. The van der Waals surface area contributed by atoms with Crippen molar-refractivity contribution in [1.29, 1.82) is 0 Å². The van der Waals surface area contributed by atoms with Crippen LogP contribution in [0.3, 0.4) is 0 Å². The lowest BCUT2D eigenvalue weighted by molar-refractivity contribution is 0.461. The number of hydrogen-bond donors (Lipinski definition) is 1. The fourth-order valence-corrected chi connectivity index (χ4v) is 2.24. The summed E-state index contributed by atoms with van der Waals surface area (Å²) in [6.45, 7) is 1.66. The van der Waals surface area contributed by atoms with Gasteiger partial charge in [-0.3, -0.25) is 9.79 Å². The Balaban J connectivity index is 1.98. The molecule has 0 fully saturated rings. The van der Waals surface area contributed by atoms with Gasteiger partial charge in [-0.1, -0.05) is 0 Å². The van der Waals surface area contributed by atoms with Gasteiger partial charge in [0.25, 0.3) is 0 Å². The molecule has 0 radical (unpaired) electrons. The van der Waals surface area contributed by atoms with Gasteiger partial charge in [0, 0.05) is 43.7 Å². The van der Waals surface area contributed by atoms with Crippen molar-refractivity contribution in [2.75, 3.05) is 12.3 Å². The van der Waals surface area contributed by atoms with E-state index in [1.807, 2.05) is 0 Å². The first-order valence-corrected chi connectivity index (χ1v) is 5.79. The number of rotatable bonds is 3. The average Bonchev–Trinajstić information content (AvgIpc) is 2.73. The molecule has 0 spiro atoms. The van der Waals surface area contributed by atoms with E-state index in [4.69, 9.17) is 0 Å². The van der Waals surface area contributed by atoms with E-state index in [0.717, 1.165) is 30.3 Å². The summed E-state index contributed by atoms with van der Waals surface area (Å²) in [5, 5.41) is 10.4. The molecule has 4 nitrogen and oxygen atoms in total. The van der Waals surface area contributed by atoms with Crippen molar-refractivity contribution in [2.24, 2.45) is 4.99 Å². The number of aliphatic imine (C=N–C) groups is 1. The van der Waals surface area contributed by atoms with Crippen LogP contribution in [0.15, 0.2) is 28.2 Å². The van der Waals surface area contributed by atoms with Gasteiger partial charge in [-0.15, -0.1) is 11.8 Å². The van der Waals surface area contributed by atoms with Crippen LogP contribution in [0.4, 0.5) is 0 Å². The zero-order valence-corrected chi connectivity index (χ0v) is 9.04. The summed E-state index contributed by atoms with van der Waals surface area (Å²) in [5.41, 5.74) is -0.334. The van der Waals surface area contributed by atoms with Crippen molar-refractivity contribution in [3.63, 3.8) is 0 Å². The first-order valence-electron chi connectivity index (χ1n) is 4.81. The molecule has 0 saturated carbocycles. The Morgan fingerprint density at radius 3 is 3.13 bits per heavy atom. The fourth-order valence-electron chi connectivity index (χ4n) is 1.41. The maximum absolute atomic E-state index is 10.9. The monoisotopic (exact) mass is 224 g/mol. The normalized spacial score (nSPS) is 15.3. The lowest BCUT2D eigenvalue weighted by Gasteiger charge is -2.05. The van der Waals surface area contributed by atoms with Gasteiger partial charge in [-0.25, -0.2) is 0 Å². The van der Waals surface area contributed by atoms with Crippen molar-refractivity contribution in [1.82, 2.24) is 4.57 Å². The predicted molar refractivity (Wildman–Crippen MR) is 61.7 cm³/mol. The molecule has 1 N–H and O–H groups in total. The highest BCUT2D eigenvalue weighted by molar-refractivity contribution is 8.14. The minimum atomic E-state index is -0.334. The Labute approximate surface area is 91.7 Å². The van der Waals surface area contributed by atoms with E-state index in [2.05, 4.69) is 4.99 Å². The van der Waals surface area contributed by atoms with Crippen molar-refractivity contribution in [3.05, 3.63) is 28.7 Å². The standard InChI is InChI=1S/C10H12N2O2S/c13-8-1-4-12(7-9(8)14)5-2-10-11-3-6-15-10/h1,4,7,14H,2-3,5-6H2. The molecule has 2 heterocycles. The summed E-state index contributed by atoms with van der Waals surface area (Å²) in [6, 6.07) is 1.37. The van der Waals surface area contributed by atoms with Gasteiger partial charge in [0.2, 0.25) is 5.43 Å². The molecule has 0 aromatic carbocycles. The van der Waals surface area contributed by atoms with Crippen molar-refractivity contribution in [2.45, 2.75) is 13.0 Å². The molecule has 1 aromatic heterocycles. The van der Waals surface area contributed by atoms with Crippen LogP contribution >= 0.6 is 11.8 Å². The zero-order chi connectivity index (χ0) is 10.7. The van der Waals surface area contributed by atoms with E-state index < -0.39 is 0 Å². The second-order valence-corrected chi connectivity index (χ2v) is 4.47. The molecule has 0 aliphatic carbocycles. The molecule has 0 saturated heterocycles. The molecule has 1 aliphatic heterocycles. The Morgan fingerprint density at radius 2 is 2.47 bits per heavy atom. The predicted octanol–water partition coefficient (Wildman–Crippen LogP) is 1.09. The van der Waals surface area contributed by atoms with E-state index in [1.165, 1.54) is 12.3 Å². The van der Waals surface area contributed by atoms with E-state index in [1.54, 1.807) is 22.5 Å². The van der Waals surface area contributed by atoms with Gasteiger partial charge in [0.05, 0.1) is 5.04 Å². The minimum Gasteiger partial charge on any atom is -0.503 e. The molecule has 1 aromatic rings. The number of pyridine rings is 1. The summed E-state index contributed by atoms with van der Waals surface area (Å²) >= 11 is 1.78. The van der Waals surface area contributed by atoms with Crippen molar-refractivity contribution >= 4 is 16.8 Å². The fraction of sp³-hybridized carbons (Fsp3) is 0.400. The van der Waals surface area contributed by atoms with E-state index in [9.17, 15) is 9.90 Å². The van der Waals surface area contributed by atoms with Crippen LogP contribution in [0.2, 0.25) is 0 Å². The SMILES string of the molecule is O=c1ccn(CCC2=NCCS2)cc1O. The molecule has 0 bridgehead atoms. The van der Waals surface area contributed by atoms with Gasteiger partial charge in [0.15, 0.2) is 5.75 Å². The van der Waals surface area contributed by atoms with Crippen LogP contribution in [0.25, 0.3) is 0 Å². The third-order valence-corrected chi connectivity index (χ3v) is 3.24. The smallest absolute Gasteiger partial charge is 0.223 e. The maximum Gasteiger partial charge on any atom is 0.223 e. The van der Waals surface area contributed by atoms with Crippen LogP contribution in [-0.2, 0) is 6.54 Å². The molecule has 80 valence electrons. The van der Waals surface area contributed by atoms with Gasteiger partial charge in [-0.05, 0) is 0 Å². The zero-order valence-electron chi connectivity index (χ0n) is 8.22. The highest BCUT2D eigenvalue weighted by atomic mass is 32.2. The topological polar surface area (TPSA) is 54.6 Å². The third-order valence-electron chi connectivity index (χ3n) is 2.19. The van der Waals surface area contributed by atoms with Gasteiger partial charge < -0.3 is 9.67 Å². The van der Waals surface area contributed by atoms with Crippen LogP contribution < -0.4 is 5.43 Å². The van der Waals surface area contributed by atoms with Gasteiger partial charge >= 0.3 is 0 Å². The first-order chi connectivity index (χ1) is 7.25. The number of aromatic hydroxyl groups is 1. The van der Waals surface area contributed by atoms with Gasteiger partial charge in [-0.2, -0.15) is 0 Å². The van der Waals surface area contributed by atoms with Crippen LogP contribution in [0.5, 0.6) is 5.75 Å². The van der Waals surface area contributed by atoms with Crippen LogP contribution in [0.1, 0.15) is 6.42 Å². The molecular weight excluding hydrogens is 212 g/mol. The van der Waals surface area contributed by atoms with E-state index in [0.29, 0.717) is 0 Å². The molecule has 1 aliphatic rings. The summed E-state index contributed by atoms with van der Waals surface area (Å²) in [6.07, 6.45) is 4.01. The summed E-state index contributed by atoms with van der Waals surface area (Å²) < 4.78 is 1.80. The number of aryl methyl sites for hydroxylation is 1. The maximum atomic E-state index is 10.9. The number of hydrogen-bond acceptors (Lipinski definition) is 4. The van der Waals surface area contributed by atoms with Crippen molar-refractivity contribution in [3.8, 4) is 5.75 Å². The van der Waals surface area contributed by atoms with Crippen LogP contribution in [0, 0.1) is 0 Å². The molecule has 0 atom stereocenters. The Hall–Kier alpha value is -1.23. The molecule has 0 unspecified atom stereocenters. The Kier molecular flexibility index (Phi) is 3.11. The highest BCUT2D eigenvalue weighted by Gasteiger charge is 2.06. The lowest BCUT2D eigenvalue weighted by atomic mass is 10.4. The highest BCUT2D eigenvalue weighted by Crippen LogP contribution is 2.15. The molecule has 15 heavy (non-hydrogen) atoms. The Bertz CT molecular complexity index is 439. The molecule has 5 heteroatoms. The van der Waals surface area contributed by atoms with Gasteiger partial charge in [0.1, 0.15) is 0 Å².